The molecule has 0 saturated heterocycles. The van der Waals surface area contributed by atoms with Crippen LogP contribution in [0.1, 0.15) is 0 Å². The molecule has 0 radical (unpaired) electrons. The molecule has 1 aliphatic rings. The molecule has 0 aromatic heterocycles. The van der Waals surface area contributed by atoms with Gasteiger partial charge >= 0.3 is 0 Å². The first-order chi connectivity index (χ1) is 12.1. The Bertz CT molecular complexity index is 996. The molecular formula is C20H17O4P. The normalized spacial score (nSPS) is 18.4. The van der Waals surface area contributed by atoms with Crippen molar-refractivity contribution in [1.29, 1.82) is 0 Å². The largest absolute Gasteiger partial charge is 0.507 e. The van der Waals surface area contributed by atoms with Crippen LogP contribution < -0.4 is 20.1 Å². The fourth-order valence-corrected chi connectivity index (χ4v) is 5.73. The third kappa shape index (κ3) is 2.50. The molecule has 1 unspecified atom stereocenters. The Morgan fingerprint density at radius 2 is 1.68 bits per heavy atom. The van der Waals surface area contributed by atoms with Crippen LogP contribution in [0.15, 0.2) is 66.7 Å². The lowest BCUT2D eigenvalue weighted by molar-refractivity contribution is 0.382. The first kappa shape index (κ1) is 15.8. The molecule has 0 saturated carbocycles. The highest BCUT2D eigenvalue weighted by atomic mass is 31.2. The standard InChI is InChI=1S/C20H17O4P/c1-23-14-10-11-17(21)20(12-14)25(22)13-24-18-8-4-2-6-15(18)16-7-3-5-9-19(16)25/h2-12,21H,13H2,1H3. The van der Waals surface area contributed by atoms with Crippen LogP contribution in [-0.4, -0.2) is 18.6 Å². The molecule has 5 heteroatoms. The summed E-state index contributed by atoms with van der Waals surface area (Å²) in [7, 11) is -1.67. The van der Waals surface area contributed by atoms with E-state index in [1.54, 1.807) is 19.2 Å². The number of fused-ring (bicyclic) bond motifs is 3. The second-order valence-corrected chi connectivity index (χ2v) is 8.58. The van der Waals surface area contributed by atoms with Crippen LogP contribution in [0.3, 0.4) is 0 Å². The maximum Gasteiger partial charge on any atom is 0.183 e. The minimum atomic E-state index is -3.21. The zero-order valence-corrected chi connectivity index (χ0v) is 14.6. The molecule has 1 aliphatic heterocycles. The number of rotatable bonds is 2. The average molecular weight is 352 g/mol. The average Bonchev–Trinajstić information content (AvgIpc) is 2.79. The lowest BCUT2D eigenvalue weighted by atomic mass is 10.0. The lowest BCUT2D eigenvalue weighted by Crippen LogP contribution is -2.21. The summed E-state index contributed by atoms with van der Waals surface area (Å²) in [6.45, 7) is 0. The summed E-state index contributed by atoms with van der Waals surface area (Å²) >= 11 is 0. The van der Waals surface area contributed by atoms with Gasteiger partial charge in [0.1, 0.15) is 23.6 Å². The number of phenolic OH excluding ortho intramolecular Hbond substituents is 1. The highest BCUT2D eigenvalue weighted by Crippen LogP contribution is 2.52. The van der Waals surface area contributed by atoms with Crippen LogP contribution in [0.5, 0.6) is 17.2 Å². The van der Waals surface area contributed by atoms with Gasteiger partial charge in [-0.05, 0) is 29.8 Å². The number of benzene rings is 3. The summed E-state index contributed by atoms with van der Waals surface area (Å²) in [6, 6.07) is 20.0. The minimum absolute atomic E-state index is 0.0121. The van der Waals surface area contributed by atoms with Gasteiger partial charge in [-0.25, -0.2) is 0 Å². The van der Waals surface area contributed by atoms with Crippen molar-refractivity contribution in [3.8, 4) is 28.4 Å². The van der Waals surface area contributed by atoms with Gasteiger partial charge in [-0.1, -0.05) is 42.5 Å². The molecule has 0 aliphatic carbocycles. The zero-order chi connectivity index (χ0) is 17.4. The van der Waals surface area contributed by atoms with Crippen LogP contribution in [0.4, 0.5) is 0 Å². The topological polar surface area (TPSA) is 55.8 Å². The smallest absolute Gasteiger partial charge is 0.183 e. The van der Waals surface area contributed by atoms with E-state index in [1.165, 1.54) is 6.07 Å². The van der Waals surface area contributed by atoms with Crippen LogP contribution >= 0.6 is 7.14 Å². The van der Waals surface area contributed by atoms with E-state index < -0.39 is 7.14 Å². The minimum Gasteiger partial charge on any atom is -0.507 e. The van der Waals surface area contributed by atoms with Crippen LogP contribution in [0, 0.1) is 0 Å². The van der Waals surface area contributed by atoms with Gasteiger partial charge in [0.15, 0.2) is 7.14 Å². The monoisotopic (exact) mass is 352 g/mol. The highest BCUT2D eigenvalue weighted by molar-refractivity contribution is 7.79. The van der Waals surface area contributed by atoms with E-state index in [0.29, 0.717) is 22.1 Å². The van der Waals surface area contributed by atoms with Crippen molar-refractivity contribution in [3.05, 3.63) is 66.7 Å². The van der Waals surface area contributed by atoms with Crippen molar-refractivity contribution in [2.45, 2.75) is 0 Å². The highest BCUT2D eigenvalue weighted by Gasteiger charge is 2.36. The van der Waals surface area contributed by atoms with Gasteiger partial charge in [-0.15, -0.1) is 0 Å². The van der Waals surface area contributed by atoms with Crippen molar-refractivity contribution in [2.24, 2.45) is 0 Å². The van der Waals surface area contributed by atoms with E-state index >= 15 is 0 Å². The second-order valence-electron chi connectivity index (χ2n) is 5.88. The van der Waals surface area contributed by atoms with Gasteiger partial charge in [0.2, 0.25) is 0 Å². The van der Waals surface area contributed by atoms with E-state index in [-0.39, 0.29) is 12.1 Å². The van der Waals surface area contributed by atoms with Crippen molar-refractivity contribution in [3.63, 3.8) is 0 Å². The number of para-hydroxylation sites is 1. The maximum absolute atomic E-state index is 14.1. The van der Waals surface area contributed by atoms with E-state index in [1.807, 2.05) is 48.5 Å². The molecule has 4 rings (SSSR count). The molecule has 25 heavy (non-hydrogen) atoms. The summed E-state index contributed by atoms with van der Waals surface area (Å²) in [4.78, 5) is 0. The number of hydrogen-bond donors (Lipinski definition) is 1. The van der Waals surface area contributed by atoms with Crippen molar-refractivity contribution in [1.82, 2.24) is 0 Å². The van der Waals surface area contributed by atoms with Crippen LogP contribution in [-0.2, 0) is 4.57 Å². The maximum atomic E-state index is 14.1. The van der Waals surface area contributed by atoms with Crippen molar-refractivity contribution in [2.75, 3.05) is 13.5 Å². The lowest BCUT2D eigenvalue weighted by Gasteiger charge is -2.20. The molecule has 4 nitrogen and oxygen atoms in total. The summed E-state index contributed by atoms with van der Waals surface area (Å²) in [5.41, 5.74) is 1.76. The summed E-state index contributed by atoms with van der Waals surface area (Å²) in [5.74, 6) is 1.21. The summed E-state index contributed by atoms with van der Waals surface area (Å²) in [5, 5.41) is 11.4. The quantitative estimate of drug-likeness (QED) is 0.714. The van der Waals surface area contributed by atoms with E-state index in [0.717, 1.165) is 11.1 Å². The first-order valence-electron chi connectivity index (χ1n) is 7.92. The Labute approximate surface area is 146 Å². The molecule has 0 spiro atoms. The van der Waals surface area contributed by atoms with Gasteiger partial charge in [-0.3, -0.25) is 0 Å². The fraction of sp³-hybridized carbons (Fsp3) is 0.100. The van der Waals surface area contributed by atoms with Gasteiger partial charge < -0.3 is 19.1 Å². The Kier molecular flexibility index (Phi) is 3.78. The zero-order valence-electron chi connectivity index (χ0n) is 13.7. The summed E-state index contributed by atoms with van der Waals surface area (Å²) in [6.07, 6.45) is -0.0121. The van der Waals surface area contributed by atoms with Crippen molar-refractivity contribution >= 4 is 17.8 Å². The Morgan fingerprint density at radius 3 is 2.48 bits per heavy atom. The van der Waals surface area contributed by atoms with Crippen LogP contribution in [0.2, 0.25) is 0 Å². The molecule has 3 aromatic carbocycles. The summed E-state index contributed by atoms with van der Waals surface area (Å²) < 4.78 is 25.3. The predicted octanol–water partition coefficient (Wildman–Crippen LogP) is 3.73. The molecule has 1 atom stereocenters. The first-order valence-corrected chi connectivity index (χ1v) is 9.81. The third-order valence-corrected chi connectivity index (χ3v) is 7.24. The second kappa shape index (κ2) is 5.98. The fourth-order valence-electron chi connectivity index (χ4n) is 3.18. The van der Waals surface area contributed by atoms with E-state index in [9.17, 15) is 9.67 Å². The SMILES string of the molecule is COc1ccc(O)c(P2(=O)COc3ccccc3-c3ccccc32)c1. The van der Waals surface area contributed by atoms with Gasteiger partial charge in [0.25, 0.3) is 0 Å². The van der Waals surface area contributed by atoms with Crippen molar-refractivity contribution < 1.29 is 19.1 Å². The van der Waals surface area contributed by atoms with Crippen LogP contribution in [0.25, 0.3) is 11.1 Å². The Morgan fingerprint density at radius 1 is 0.960 bits per heavy atom. The predicted molar refractivity (Wildman–Crippen MR) is 98.9 cm³/mol. The number of aromatic hydroxyl groups is 1. The molecular weight excluding hydrogens is 335 g/mol. The number of hydrogen-bond acceptors (Lipinski definition) is 4. The molecule has 0 bridgehead atoms. The third-order valence-electron chi connectivity index (χ3n) is 4.44. The van der Waals surface area contributed by atoms with Gasteiger partial charge in [0.05, 0.1) is 12.4 Å². The molecule has 3 aromatic rings. The van der Waals surface area contributed by atoms with E-state index in [2.05, 4.69) is 0 Å². The molecule has 0 amide bonds. The number of ether oxygens (including phenoxy) is 2. The molecule has 126 valence electrons. The Balaban J connectivity index is 2.00. The molecule has 1 N–H and O–H groups in total. The molecule has 0 fully saturated rings. The number of phenols is 1. The number of methoxy groups -OCH3 is 1. The molecule has 1 heterocycles. The Hall–Kier alpha value is -2.71. The van der Waals surface area contributed by atoms with Gasteiger partial charge in [0, 0.05) is 10.9 Å². The van der Waals surface area contributed by atoms with E-state index in [4.69, 9.17) is 9.47 Å². The van der Waals surface area contributed by atoms with Gasteiger partial charge in [-0.2, -0.15) is 0 Å².